The Bertz CT molecular complexity index is 529. The van der Waals surface area contributed by atoms with Crippen LogP contribution in [0.5, 0.6) is 0 Å². The van der Waals surface area contributed by atoms with Gasteiger partial charge in [0.1, 0.15) is 0 Å². The van der Waals surface area contributed by atoms with Gasteiger partial charge >= 0.3 is 5.97 Å². The van der Waals surface area contributed by atoms with Crippen molar-refractivity contribution in [2.45, 2.75) is 121 Å². The van der Waals surface area contributed by atoms with Crippen LogP contribution in [0.1, 0.15) is 127 Å². The van der Waals surface area contributed by atoms with E-state index in [2.05, 4.69) is 6.92 Å². The van der Waals surface area contributed by atoms with E-state index in [0.717, 1.165) is 10.6 Å². The Hall–Kier alpha value is -0.960. The zero-order valence-corrected chi connectivity index (χ0v) is 20.6. The van der Waals surface area contributed by atoms with E-state index < -0.39 is 0 Å². The van der Waals surface area contributed by atoms with E-state index in [1.54, 1.807) is 11.8 Å². The number of esters is 1. The molecule has 0 saturated carbocycles. The molecule has 0 radical (unpaired) electrons. The van der Waals surface area contributed by atoms with E-state index >= 15 is 0 Å². The lowest BCUT2D eigenvalue weighted by atomic mass is 10.0. The van der Waals surface area contributed by atoms with Gasteiger partial charge in [-0.15, -0.1) is 11.8 Å². The van der Waals surface area contributed by atoms with Crippen LogP contribution in [0, 0.1) is 0 Å². The summed E-state index contributed by atoms with van der Waals surface area (Å²) in [6.45, 7) is 4.57. The predicted octanol–water partition coefficient (Wildman–Crippen LogP) is 9.22. The molecule has 0 aliphatic heterocycles. The van der Waals surface area contributed by atoms with Gasteiger partial charge in [0.25, 0.3) is 0 Å². The lowest BCUT2D eigenvalue weighted by molar-refractivity contribution is 0.0522. The molecule has 0 fully saturated rings. The number of carbonyl (C=O) groups excluding carboxylic acids is 1. The second-order valence-electron chi connectivity index (χ2n) is 8.37. The lowest BCUT2D eigenvalue weighted by Crippen LogP contribution is -2.06. The first-order valence-corrected chi connectivity index (χ1v) is 13.7. The molecule has 0 bridgehead atoms. The standard InChI is InChI=1S/C27H46O2S/c1-3-5-6-7-8-9-10-11-12-13-14-15-16-17-18-21-24-30-26-23-20-19-22-25(26)27(28)29-4-2/h19-20,22-23H,3-18,21,24H2,1-2H3. The zero-order valence-electron chi connectivity index (χ0n) is 19.8. The third-order valence-electron chi connectivity index (χ3n) is 5.64. The average molecular weight is 435 g/mol. The van der Waals surface area contributed by atoms with E-state index in [0.29, 0.717) is 12.2 Å². The number of benzene rings is 1. The van der Waals surface area contributed by atoms with Crippen LogP contribution in [0.4, 0.5) is 0 Å². The maximum atomic E-state index is 12.0. The van der Waals surface area contributed by atoms with Crippen LogP contribution >= 0.6 is 11.8 Å². The Morgan fingerprint density at radius 2 is 1.17 bits per heavy atom. The quantitative estimate of drug-likeness (QED) is 0.116. The van der Waals surface area contributed by atoms with Crippen LogP contribution in [-0.4, -0.2) is 18.3 Å². The molecule has 3 heteroatoms. The normalized spacial score (nSPS) is 11.0. The SMILES string of the molecule is CCCCCCCCCCCCCCCCCCSc1ccccc1C(=O)OCC. The Morgan fingerprint density at radius 1 is 0.700 bits per heavy atom. The fourth-order valence-corrected chi connectivity index (χ4v) is 4.85. The Labute approximate surface area is 190 Å². The molecular weight excluding hydrogens is 388 g/mol. The van der Waals surface area contributed by atoms with Crippen molar-refractivity contribution in [3.8, 4) is 0 Å². The number of rotatable bonds is 20. The van der Waals surface area contributed by atoms with Crippen molar-refractivity contribution < 1.29 is 9.53 Å². The van der Waals surface area contributed by atoms with Gasteiger partial charge in [-0.1, -0.05) is 115 Å². The maximum absolute atomic E-state index is 12.0. The molecular formula is C27H46O2S. The number of thioether (sulfide) groups is 1. The molecule has 0 atom stereocenters. The van der Waals surface area contributed by atoms with Crippen molar-refractivity contribution in [3.05, 3.63) is 29.8 Å². The van der Waals surface area contributed by atoms with Gasteiger partial charge in [0.15, 0.2) is 0 Å². The maximum Gasteiger partial charge on any atom is 0.339 e. The van der Waals surface area contributed by atoms with Crippen molar-refractivity contribution in [1.29, 1.82) is 0 Å². The fourth-order valence-electron chi connectivity index (χ4n) is 3.80. The number of hydrogen-bond donors (Lipinski definition) is 0. The third kappa shape index (κ3) is 14.1. The van der Waals surface area contributed by atoms with Crippen molar-refractivity contribution >= 4 is 17.7 Å². The van der Waals surface area contributed by atoms with E-state index in [-0.39, 0.29) is 5.97 Å². The number of unbranched alkanes of at least 4 members (excludes halogenated alkanes) is 15. The molecule has 0 aliphatic carbocycles. The second-order valence-corrected chi connectivity index (χ2v) is 9.51. The van der Waals surface area contributed by atoms with Crippen molar-refractivity contribution in [3.63, 3.8) is 0 Å². The highest BCUT2D eigenvalue weighted by Crippen LogP contribution is 2.25. The van der Waals surface area contributed by atoms with Crippen LogP contribution in [-0.2, 0) is 4.74 Å². The minimum absolute atomic E-state index is 0.201. The predicted molar refractivity (Wildman–Crippen MR) is 133 cm³/mol. The monoisotopic (exact) mass is 434 g/mol. The third-order valence-corrected chi connectivity index (χ3v) is 6.80. The highest BCUT2D eigenvalue weighted by atomic mass is 32.2. The first-order valence-electron chi connectivity index (χ1n) is 12.7. The summed E-state index contributed by atoms with van der Waals surface area (Å²) in [5.74, 6) is 0.877. The van der Waals surface area contributed by atoms with E-state index in [1.807, 2.05) is 31.2 Å². The second kappa shape index (κ2) is 20.0. The van der Waals surface area contributed by atoms with Gasteiger partial charge in [0, 0.05) is 4.90 Å². The molecule has 0 amide bonds. The Kier molecular flexibility index (Phi) is 18.0. The molecule has 1 rings (SSSR count). The van der Waals surface area contributed by atoms with Gasteiger partial charge < -0.3 is 4.74 Å². The highest BCUT2D eigenvalue weighted by Gasteiger charge is 2.11. The zero-order chi connectivity index (χ0) is 21.7. The Balaban J connectivity index is 1.90. The molecule has 0 unspecified atom stereocenters. The molecule has 0 heterocycles. The highest BCUT2D eigenvalue weighted by molar-refractivity contribution is 7.99. The van der Waals surface area contributed by atoms with E-state index in [4.69, 9.17) is 4.74 Å². The minimum Gasteiger partial charge on any atom is -0.462 e. The first-order chi connectivity index (χ1) is 14.8. The van der Waals surface area contributed by atoms with Crippen LogP contribution in [0.25, 0.3) is 0 Å². The Morgan fingerprint density at radius 3 is 1.67 bits per heavy atom. The lowest BCUT2D eigenvalue weighted by Gasteiger charge is -2.08. The molecule has 1 aromatic carbocycles. The minimum atomic E-state index is -0.201. The molecule has 0 aromatic heterocycles. The summed E-state index contributed by atoms with van der Waals surface area (Å²) >= 11 is 1.79. The topological polar surface area (TPSA) is 26.3 Å². The molecule has 30 heavy (non-hydrogen) atoms. The molecule has 0 saturated heterocycles. The van der Waals surface area contributed by atoms with Gasteiger partial charge in [-0.25, -0.2) is 4.79 Å². The molecule has 0 aliphatic rings. The van der Waals surface area contributed by atoms with E-state index in [9.17, 15) is 4.79 Å². The van der Waals surface area contributed by atoms with Gasteiger partial charge in [0.2, 0.25) is 0 Å². The molecule has 172 valence electrons. The van der Waals surface area contributed by atoms with Crippen LogP contribution < -0.4 is 0 Å². The summed E-state index contributed by atoms with van der Waals surface area (Å²) in [6, 6.07) is 7.81. The van der Waals surface area contributed by atoms with Crippen LogP contribution in [0.15, 0.2) is 29.2 Å². The van der Waals surface area contributed by atoms with Crippen LogP contribution in [0.3, 0.4) is 0 Å². The largest absolute Gasteiger partial charge is 0.462 e. The molecule has 0 N–H and O–H groups in total. The molecule has 0 spiro atoms. The number of hydrogen-bond acceptors (Lipinski definition) is 3. The average Bonchev–Trinajstić information content (AvgIpc) is 2.76. The van der Waals surface area contributed by atoms with Crippen molar-refractivity contribution in [2.24, 2.45) is 0 Å². The summed E-state index contributed by atoms with van der Waals surface area (Å²) in [5, 5.41) is 0. The van der Waals surface area contributed by atoms with Crippen molar-refractivity contribution in [2.75, 3.05) is 12.4 Å². The summed E-state index contributed by atoms with van der Waals surface area (Å²) in [5.41, 5.74) is 0.709. The fraction of sp³-hybridized carbons (Fsp3) is 0.741. The van der Waals surface area contributed by atoms with Crippen LogP contribution in [0.2, 0.25) is 0 Å². The van der Waals surface area contributed by atoms with Gasteiger partial charge in [-0.3, -0.25) is 0 Å². The smallest absolute Gasteiger partial charge is 0.339 e. The summed E-state index contributed by atoms with van der Waals surface area (Å²) < 4.78 is 5.15. The van der Waals surface area contributed by atoms with E-state index in [1.165, 1.54) is 103 Å². The van der Waals surface area contributed by atoms with Gasteiger partial charge in [0.05, 0.1) is 12.2 Å². The molecule has 1 aromatic rings. The van der Waals surface area contributed by atoms with Crippen molar-refractivity contribution in [1.82, 2.24) is 0 Å². The number of carbonyl (C=O) groups is 1. The van der Waals surface area contributed by atoms with Gasteiger partial charge in [-0.2, -0.15) is 0 Å². The number of ether oxygens (including phenoxy) is 1. The summed E-state index contributed by atoms with van der Waals surface area (Å²) in [4.78, 5) is 13.1. The van der Waals surface area contributed by atoms with Gasteiger partial charge in [-0.05, 0) is 31.2 Å². The first kappa shape index (κ1) is 27.1. The summed E-state index contributed by atoms with van der Waals surface area (Å²) in [6.07, 6.45) is 22.4. The molecule has 2 nitrogen and oxygen atoms in total. The summed E-state index contributed by atoms with van der Waals surface area (Å²) in [7, 11) is 0.